The second-order valence-corrected chi connectivity index (χ2v) is 4.97. The number of nitrogen functional groups attached to an aromatic ring is 1. The van der Waals surface area contributed by atoms with E-state index in [1.165, 1.54) is 11.8 Å². The molecule has 6 nitrogen and oxygen atoms in total. The van der Waals surface area contributed by atoms with E-state index in [1.807, 2.05) is 6.26 Å². The van der Waals surface area contributed by atoms with Crippen molar-refractivity contribution in [2.75, 3.05) is 23.5 Å². The average molecular weight is 255 g/mol. The molecule has 2 rings (SSSR count). The highest BCUT2D eigenvalue weighted by atomic mass is 32.2. The number of hydrazine groups is 1. The largest absolute Gasteiger partial charge is 0.388 e. The summed E-state index contributed by atoms with van der Waals surface area (Å²) in [5.41, 5.74) is 1.93. The zero-order valence-electron chi connectivity index (χ0n) is 9.73. The van der Waals surface area contributed by atoms with Crippen LogP contribution in [0, 0.1) is 0 Å². The van der Waals surface area contributed by atoms with E-state index < -0.39 is 5.60 Å². The highest BCUT2D eigenvalue weighted by molar-refractivity contribution is 7.98. The highest BCUT2D eigenvalue weighted by Crippen LogP contribution is 2.31. The number of hydrogen-bond acceptors (Lipinski definition) is 7. The molecule has 1 aromatic rings. The average Bonchev–Trinajstić information content (AvgIpc) is 2.33. The minimum Gasteiger partial charge on any atom is -0.388 e. The molecule has 0 spiro atoms. The van der Waals surface area contributed by atoms with Crippen molar-refractivity contribution in [2.45, 2.75) is 30.0 Å². The van der Waals surface area contributed by atoms with Crippen LogP contribution in [0.3, 0.4) is 0 Å². The molecule has 0 radical (unpaired) electrons. The summed E-state index contributed by atoms with van der Waals surface area (Å²) in [7, 11) is 0. The molecule has 1 saturated carbocycles. The van der Waals surface area contributed by atoms with Gasteiger partial charge in [-0.2, -0.15) is 0 Å². The van der Waals surface area contributed by atoms with Gasteiger partial charge in [-0.15, -0.1) is 0 Å². The molecule has 7 heteroatoms. The summed E-state index contributed by atoms with van der Waals surface area (Å²) in [4.78, 5) is 8.46. The maximum Gasteiger partial charge on any atom is 0.191 e. The SMILES string of the molecule is CSc1nc(NN)cc(NCC2(O)CCC2)n1. The Kier molecular flexibility index (Phi) is 3.70. The molecule has 0 atom stereocenters. The number of thioether (sulfide) groups is 1. The first-order chi connectivity index (χ1) is 8.15. The van der Waals surface area contributed by atoms with Crippen LogP contribution in [0.1, 0.15) is 19.3 Å². The number of aliphatic hydroxyl groups is 1. The molecule has 1 aromatic heterocycles. The van der Waals surface area contributed by atoms with E-state index in [9.17, 15) is 5.11 Å². The molecule has 1 aliphatic carbocycles. The van der Waals surface area contributed by atoms with Crippen molar-refractivity contribution in [3.63, 3.8) is 0 Å². The Morgan fingerprint density at radius 1 is 1.47 bits per heavy atom. The zero-order valence-corrected chi connectivity index (χ0v) is 10.5. The number of nitrogens with two attached hydrogens (primary N) is 1. The lowest BCUT2D eigenvalue weighted by molar-refractivity contribution is -0.0202. The number of aromatic nitrogens is 2. The predicted octanol–water partition coefficient (Wildman–Crippen LogP) is 0.811. The molecule has 0 amide bonds. The van der Waals surface area contributed by atoms with Gasteiger partial charge in [0.15, 0.2) is 5.16 Å². The van der Waals surface area contributed by atoms with Gasteiger partial charge < -0.3 is 15.8 Å². The number of rotatable bonds is 5. The summed E-state index contributed by atoms with van der Waals surface area (Å²) in [6.45, 7) is 0.516. The van der Waals surface area contributed by atoms with Crippen molar-refractivity contribution < 1.29 is 5.11 Å². The van der Waals surface area contributed by atoms with Crippen LogP contribution < -0.4 is 16.6 Å². The van der Waals surface area contributed by atoms with Gasteiger partial charge in [-0.3, -0.25) is 0 Å². The van der Waals surface area contributed by atoms with Gasteiger partial charge in [0, 0.05) is 12.6 Å². The molecule has 17 heavy (non-hydrogen) atoms. The van der Waals surface area contributed by atoms with Gasteiger partial charge >= 0.3 is 0 Å². The van der Waals surface area contributed by atoms with E-state index in [1.54, 1.807) is 6.07 Å². The summed E-state index contributed by atoms with van der Waals surface area (Å²) in [6, 6.07) is 1.72. The highest BCUT2D eigenvalue weighted by Gasteiger charge is 2.34. The van der Waals surface area contributed by atoms with Crippen LogP contribution in [0.5, 0.6) is 0 Å². The third-order valence-electron chi connectivity index (χ3n) is 2.92. The Hall–Kier alpha value is -1.05. The fraction of sp³-hybridized carbons (Fsp3) is 0.600. The number of nitrogens with zero attached hydrogens (tertiary/aromatic N) is 2. The number of hydrogen-bond donors (Lipinski definition) is 4. The topological polar surface area (TPSA) is 96.1 Å². The normalized spacial score (nSPS) is 17.4. The molecule has 0 aromatic carbocycles. The van der Waals surface area contributed by atoms with Crippen molar-refractivity contribution in [3.8, 4) is 0 Å². The van der Waals surface area contributed by atoms with E-state index in [4.69, 9.17) is 5.84 Å². The molecule has 5 N–H and O–H groups in total. The lowest BCUT2D eigenvalue weighted by Crippen LogP contribution is -2.43. The summed E-state index contributed by atoms with van der Waals surface area (Å²) in [6.07, 6.45) is 4.69. The quantitative estimate of drug-likeness (QED) is 0.267. The monoisotopic (exact) mass is 255 g/mol. The smallest absolute Gasteiger partial charge is 0.191 e. The maximum atomic E-state index is 9.97. The molecular weight excluding hydrogens is 238 g/mol. The van der Waals surface area contributed by atoms with Crippen molar-refractivity contribution in [1.82, 2.24) is 9.97 Å². The van der Waals surface area contributed by atoms with Crippen LogP contribution in [0.15, 0.2) is 11.2 Å². The van der Waals surface area contributed by atoms with E-state index in [-0.39, 0.29) is 0 Å². The Morgan fingerprint density at radius 3 is 2.71 bits per heavy atom. The van der Waals surface area contributed by atoms with Gasteiger partial charge in [-0.05, 0) is 25.5 Å². The van der Waals surface area contributed by atoms with Crippen molar-refractivity contribution in [1.29, 1.82) is 0 Å². The lowest BCUT2D eigenvalue weighted by Gasteiger charge is -2.36. The Morgan fingerprint density at radius 2 is 2.18 bits per heavy atom. The van der Waals surface area contributed by atoms with Crippen LogP contribution in [-0.2, 0) is 0 Å². The van der Waals surface area contributed by atoms with Gasteiger partial charge in [-0.25, -0.2) is 15.8 Å². The summed E-state index contributed by atoms with van der Waals surface area (Å²) >= 11 is 1.45. The van der Waals surface area contributed by atoms with E-state index >= 15 is 0 Å². The van der Waals surface area contributed by atoms with E-state index in [0.717, 1.165) is 19.3 Å². The summed E-state index contributed by atoms with van der Waals surface area (Å²) in [5.74, 6) is 6.58. The zero-order chi connectivity index (χ0) is 12.3. The molecule has 1 aliphatic rings. The minimum absolute atomic E-state index is 0.516. The van der Waals surface area contributed by atoms with Crippen molar-refractivity contribution in [3.05, 3.63) is 6.07 Å². The maximum absolute atomic E-state index is 9.97. The molecule has 94 valence electrons. The van der Waals surface area contributed by atoms with E-state index in [0.29, 0.717) is 23.3 Å². The van der Waals surface area contributed by atoms with Gasteiger partial charge in [0.25, 0.3) is 0 Å². The number of nitrogens with one attached hydrogen (secondary N) is 2. The standard InChI is InChI=1S/C10H17N5OS/c1-17-9-13-7(5-8(14-9)15-11)12-6-10(16)3-2-4-10/h5,16H,2-4,6,11H2,1H3,(H2,12,13,14,15). The molecule has 0 aliphatic heterocycles. The molecule has 1 fully saturated rings. The fourth-order valence-corrected chi connectivity index (χ4v) is 2.08. The molecule has 0 bridgehead atoms. The van der Waals surface area contributed by atoms with Crippen LogP contribution in [0.4, 0.5) is 11.6 Å². The van der Waals surface area contributed by atoms with Gasteiger partial charge in [0.1, 0.15) is 11.6 Å². The Balaban J connectivity index is 2.03. The third kappa shape index (κ3) is 2.99. The van der Waals surface area contributed by atoms with Crippen molar-refractivity contribution >= 4 is 23.4 Å². The van der Waals surface area contributed by atoms with Gasteiger partial charge in [-0.1, -0.05) is 11.8 Å². The Bertz CT molecular complexity index is 374. The van der Waals surface area contributed by atoms with E-state index in [2.05, 4.69) is 20.7 Å². The fourth-order valence-electron chi connectivity index (χ4n) is 1.70. The van der Waals surface area contributed by atoms with Crippen LogP contribution in [0.2, 0.25) is 0 Å². The van der Waals surface area contributed by atoms with Gasteiger partial charge in [0.05, 0.1) is 5.60 Å². The second kappa shape index (κ2) is 5.07. The molecule has 0 unspecified atom stereocenters. The first-order valence-electron chi connectivity index (χ1n) is 5.51. The van der Waals surface area contributed by atoms with Crippen LogP contribution >= 0.6 is 11.8 Å². The Labute approximate surface area is 104 Å². The third-order valence-corrected chi connectivity index (χ3v) is 3.47. The van der Waals surface area contributed by atoms with Gasteiger partial charge in [0.2, 0.25) is 0 Å². The van der Waals surface area contributed by atoms with Crippen LogP contribution in [-0.4, -0.2) is 33.5 Å². The first kappa shape index (κ1) is 12.4. The molecular formula is C10H17N5OS. The molecule has 1 heterocycles. The summed E-state index contributed by atoms with van der Waals surface area (Å²) < 4.78 is 0. The lowest BCUT2D eigenvalue weighted by atomic mass is 9.80. The summed E-state index contributed by atoms with van der Waals surface area (Å²) in [5, 5.41) is 13.7. The first-order valence-corrected chi connectivity index (χ1v) is 6.74. The second-order valence-electron chi connectivity index (χ2n) is 4.20. The molecule has 0 saturated heterocycles. The minimum atomic E-state index is -0.569. The number of anilines is 2. The van der Waals surface area contributed by atoms with Crippen LogP contribution in [0.25, 0.3) is 0 Å². The predicted molar refractivity (Wildman–Crippen MR) is 68.9 cm³/mol. The van der Waals surface area contributed by atoms with Crippen molar-refractivity contribution in [2.24, 2.45) is 5.84 Å².